The molecule has 31 heavy (non-hydrogen) atoms. The maximum absolute atomic E-state index is 13.6. The Hall–Kier alpha value is -2.48. The highest BCUT2D eigenvalue weighted by atomic mass is 32.2. The Kier molecular flexibility index (Phi) is 5.42. The van der Waals surface area contributed by atoms with E-state index in [2.05, 4.69) is 36.2 Å². The summed E-state index contributed by atoms with van der Waals surface area (Å²) < 4.78 is 17.0. The summed E-state index contributed by atoms with van der Waals surface area (Å²) in [7, 11) is 1.65. The topological polar surface area (TPSA) is 63.8 Å². The van der Waals surface area contributed by atoms with Gasteiger partial charge in [-0.2, -0.15) is 0 Å². The number of piperidine rings is 1. The number of likely N-dealkylation sites (tertiary alicyclic amines) is 1. The summed E-state index contributed by atoms with van der Waals surface area (Å²) in [6.07, 6.45) is 1.40. The highest BCUT2D eigenvalue weighted by Gasteiger charge is 2.41. The van der Waals surface area contributed by atoms with Crippen molar-refractivity contribution in [3.05, 3.63) is 53.7 Å². The van der Waals surface area contributed by atoms with E-state index < -0.39 is 5.79 Å². The van der Waals surface area contributed by atoms with E-state index in [-0.39, 0.29) is 5.91 Å². The minimum absolute atomic E-state index is 0.0117. The van der Waals surface area contributed by atoms with Gasteiger partial charge in [0.2, 0.25) is 0 Å². The molecule has 1 aromatic heterocycles. The predicted molar refractivity (Wildman–Crippen MR) is 120 cm³/mol. The van der Waals surface area contributed by atoms with Crippen molar-refractivity contribution in [1.29, 1.82) is 0 Å². The van der Waals surface area contributed by atoms with Crippen LogP contribution in [-0.2, 0) is 9.47 Å². The van der Waals surface area contributed by atoms with Crippen molar-refractivity contribution in [3.63, 3.8) is 0 Å². The van der Waals surface area contributed by atoms with Crippen LogP contribution in [0.5, 0.6) is 5.75 Å². The van der Waals surface area contributed by atoms with Crippen molar-refractivity contribution in [2.45, 2.75) is 35.3 Å². The van der Waals surface area contributed by atoms with Crippen molar-refractivity contribution in [3.8, 4) is 5.75 Å². The molecule has 3 aromatic rings. The van der Waals surface area contributed by atoms with E-state index in [4.69, 9.17) is 14.2 Å². The summed E-state index contributed by atoms with van der Waals surface area (Å²) in [6, 6.07) is 14.3. The van der Waals surface area contributed by atoms with Gasteiger partial charge in [0, 0.05) is 42.3 Å². The number of methoxy groups -OCH3 is 1. The second-order valence-corrected chi connectivity index (χ2v) is 9.14. The quantitative estimate of drug-likeness (QED) is 0.644. The summed E-state index contributed by atoms with van der Waals surface area (Å²) in [5.74, 6) is 0.275. The number of hydrogen-bond donors (Lipinski definition) is 1. The van der Waals surface area contributed by atoms with Crippen LogP contribution in [0.15, 0.2) is 52.3 Å². The molecule has 0 unspecified atom stereocenters. The molecule has 2 saturated heterocycles. The molecule has 3 heterocycles. The standard InChI is InChI=1S/C24H26N2O4S/c1-16-3-6-18(7-4-16)31-22-19-8-5-17(28-2)15-20(19)25-21(22)23(27)26-11-9-24(10-12-26)29-13-14-30-24/h3-8,15,25H,9-14H2,1-2H3. The summed E-state index contributed by atoms with van der Waals surface area (Å²) in [5.41, 5.74) is 2.73. The second kappa shape index (κ2) is 8.22. The Labute approximate surface area is 185 Å². The van der Waals surface area contributed by atoms with Crippen LogP contribution in [0.2, 0.25) is 0 Å². The molecule has 2 aromatic carbocycles. The van der Waals surface area contributed by atoms with Crippen LogP contribution in [0.3, 0.4) is 0 Å². The molecule has 1 N–H and O–H groups in total. The molecular formula is C24H26N2O4S. The van der Waals surface area contributed by atoms with E-state index in [1.54, 1.807) is 18.9 Å². The Bertz CT molecular complexity index is 1090. The molecule has 0 saturated carbocycles. The van der Waals surface area contributed by atoms with E-state index in [1.165, 1.54) is 5.56 Å². The lowest BCUT2D eigenvalue weighted by Crippen LogP contribution is -2.47. The average molecular weight is 439 g/mol. The number of rotatable bonds is 4. The maximum atomic E-state index is 13.6. The first kappa shape index (κ1) is 20.4. The lowest BCUT2D eigenvalue weighted by molar-refractivity contribution is -0.181. The molecule has 5 rings (SSSR count). The largest absolute Gasteiger partial charge is 0.497 e. The number of aromatic nitrogens is 1. The lowest BCUT2D eigenvalue weighted by atomic mass is 10.0. The van der Waals surface area contributed by atoms with Crippen LogP contribution in [0.4, 0.5) is 0 Å². The van der Waals surface area contributed by atoms with Crippen LogP contribution in [-0.4, -0.2) is 55.0 Å². The van der Waals surface area contributed by atoms with Gasteiger partial charge in [-0.3, -0.25) is 4.79 Å². The summed E-state index contributed by atoms with van der Waals surface area (Å²) >= 11 is 1.61. The van der Waals surface area contributed by atoms with Crippen LogP contribution < -0.4 is 4.74 Å². The van der Waals surface area contributed by atoms with Gasteiger partial charge in [0.15, 0.2) is 5.79 Å². The van der Waals surface area contributed by atoms with E-state index in [9.17, 15) is 4.79 Å². The van der Waals surface area contributed by atoms with Gasteiger partial charge in [0.25, 0.3) is 5.91 Å². The van der Waals surface area contributed by atoms with Gasteiger partial charge in [-0.25, -0.2) is 0 Å². The van der Waals surface area contributed by atoms with Crippen molar-refractivity contribution < 1.29 is 19.0 Å². The van der Waals surface area contributed by atoms with Crippen LogP contribution in [0.1, 0.15) is 28.9 Å². The third-order valence-corrected chi connectivity index (χ3v) is 7.17. The Balaban J connectivity index is 1.47. The van der Waals surface area contributed by atoms with Crippen molar-refractivity contribution in [2.75, 3.05) is 33.4 Å². The number of hydrogen-bond acceptors (Lipinski definition) is 5. The maximum Gasteiger partial charge on any atom is 0.271 e. The number of aryl methyl sites for hydroxylation is 1. The summed E-state index contributed by atoms with van der Waals surface area (Å²) in [6.45, 7) is 4.57. The highest BCUT2D eigenvalue weighted by Crippen LogP contribution is 2.39. The molecular weight excluding hydrogens is 412 g/mol. The first-order valence-corrected chi connectivity index (χ1v) is 11.4. The monoisotopic (exact) mass is 438 g/mol. The number of aromatic amines is 1. The van der Waals surface area contributed by atoms with Gasteiger partial charge in [-0.1, -0.05) is 29.5 Å². The first-order valence-electron chi connectivity index (χ1n) is 10.6. The third kappa shape index (κ3) is 3.93. The van der Waals surface area contributed by atoms with Gasteiger partial charge in [0.05, 0.1) is 30.7 Å². The fraction of sp³-hybridized carbons (Fsp3) is 0.375. The van der Waals surface area contributed by atoms with Crippen LogP contribution in [0.25, 0.3) is 10.9 Å². The number of benzene rings is 2. The molecule has 6 nitrogen and oxygen atoms in total. The van der Waals surface area contributed by atoms with Crippen molar-refractivity contribution >= 4 is 28.6 Å². The number of H-pyrrole nitrogens is 1. The minimum Gasteiger partial charge on any atom is -0.497 e. The fourth-order valence-electron chi connectivity index (χ4n) is 4.25. The minimum atomic E-state index is -0.496. The molecule has 0 radical (unpaired) electrons. The number of fused-ring (bicyclic) bond motifs is 1. The normalized spacial score (nSPS) is 18.1. The predicted octanol–water partition coefficient (Wildman–Crippen LogP) is 4.62. The summed E-state index contributed by atoms with van der Waals surface area (Å²) in [5, 5.41) is 1.02. The zero-order chi connectivity index (χ0) is 21.4. The number of carbonyl (C=O) groups excluding carboxylic acids is 1. The SMILES string of the molecule is COc1ccc2c(Sc3ccc(C)cc3)c(C(=O)N3CCC4(CC3)OCCO4)[nH]c2c1. The Morgan fingerprint density at radius 2 is 1.81 bits per heavy atom. The van der Waals surface area contributed by atoms with E-state index in [0.29, 0.717) is 44.8 Å². The van der Waals surface area contributed by atoms with E-state index >= 15 is 0 Å². The summed E-state index contributed by atoms with van der Waals surface area (Å²) in [4.78, 5) is 20.9. The van der Waals surface area contributed by atoms with Crippen molar-refractivity contribution in [2.24, 2.45) is 0 Å². The lowest BCUT2D eigenvalue weighted by Gasteiger charge is -2.37. The molecule has 0 aliphatic carbocycles. The van der Waals surface area contributed by atoms with E-state index in [0.717, 1.165) is 26.4 Å². The number of nitrogens with zero attached hydrogens (tertiary/aromatic N) is 1. The zero-order valence-electron chi connectivity index (χ0n) is 17.8. The van der Waals surface area contributed by atoms with Gasteiger partial charge >= 0.3 is 0 Å². The molecule has 2 aliphatic rings. The highest BCUT2D eigenvalue weighted by molar-refractivity contribution is 7.99. The number of carbonyl (C=O) groups is 1. The molecule has 2 fully saturated rings. The van der Waals surface area contributed by atoms with Crippen LogP contribution in [0, 0.1) is 6.92 Å². The van der Waals surface area contributed by atoms with Gasteiger partial charge in [-0.15, -0.1) is 0 Å². The van der Waals surface area contributed by atoms with Gasteiger partial charge in [0.1, 0.15) is 11.4 Å². The zero-order valence-corrected chi connectivity index (χ0v) is 18.6. The number of ether oxygens (including phenoxy) is 3. The fourth-order valence-corrected chi connectivity index (χ4v) is 5.29. The van der Waals surface area contributed by atoms with Crippen LogP contribution >= 0.6 is 11.8 Å². The molecule has 162 valence electrons. The average Bonchev–Trinajstić information content (AvgIpc) is 3.40. The Morgan fingerprint density at radius 1 is 1.10 bits per heavy atom. The Morgan fingerprint density at radius 3 is 2.48 bits per heavy atom. The molecule has 7 heteroatoms. The smallest absolute Gasteiger partial charge is 0.271 e. The van der Waals surface area contributed by atoms with Gasteiger partial charge < -0.3 is 24.1 Å². The third-order valence-electron chi connectivity index (χ3n) is 6.04. The first-order chi connectivity index (χ1) is 15.1. The number of amides is 1. The molecule has 1 amide bonds. The molecule has 1 spiro atoms. The molecule has 0 bridgehead atoms. The number of nitrogens with one attached hydrogen (secondary N) is 1. The van der Waals surface area contributed by atoms with Crippen molar-refractivity contribution in [1.82, 2.24) is 9.88 Å². The molecule has 0 atom stereocenters. The van der Waals surface area contributed by atoms with E-state index in [1.807, 2.05) is 23.1 Å². The second-order valence-electron chi connectivity index (χ2n) is 8.06. The van der Waals surface area contributed by atoms with Gasteiger partial charge in [-0.05, 0) is 31.2 Å². The molecule has 2 aliphatic heterocycles.